The normalized spacial score (nSPS) is 19.5. The first-order valence-corrected chi connectivity index (χ1v) is 2.81. The monoisotopic (exact) mass is 154 g/mol. The van der Waals surface area contributed by atoms with Gasteiger partial charge in [-0.2, -0.15) is 0 Å². The number of amidine groups is 1. The van der Waals surface area contributed by atoms with Crippen LogP contribution in [0.25, 0.3) is 0 Å². The third kappa shape index (κ3) is 1.03. The van der Waals surface area contributed by atoms with Crippen LogP contribution in [0.4, 0.5) is 0 Å². The molecule has 0 spiro atoms. The van der Waals surface area contributed by atoms with E-state index in [2.05, 4.69) is 20.3 Å². The van der Waals surface area contributed by atoms with Gasteiger partial charge in [0.1, 0.15) is 13.0 Å². The molecule has 1 amide bonds. The SMILES string of the molecule is O.O=C1NCN=C2N=CN=C12. The highest BCUT2D eigenvalue weighted by molar-refractivity contribution is 6.69. The fraction of sp³-hybridized carbons (Fsp3) is 0.200. The number of carbonyl (C=O) groups excluding carboxylic acids is 1. The summed E-state index contributed by atoms with van der Waals surface area (Å²) in [6.07, 6.45) is 1.33. The molecule has 58 valence electrons. The molecule has 6 heteroatoms. The summed E-state index contributed by atoms with van der Waals surface area (Å²) < 4.78 is 0. The van der Waals surface area contributed by atoms with Crippen molar-refractivity contribution in [1.29, 1.82) is 0 Å². The molecule has 3 N–H and O–H groups in total. The van der Waals surface area contributed by atoms with Crippen molar-refractivity contribution in [2.45, 2.75) is 0 Å². The zero-order chi connectivity index (χ0) is 6.97. The molecular formula is C5H6N4O2. The van der Waals surface area contributed by atoms with Gasteiger partial charge in [-0.25, -0.2) is 15.0 Å². The molecule has 2 rings (SSSR count). The zero-order valence-electron chi connectivity index (χ0n) is 5.53. The van der Waals surface area contributed by atoms with Crippen molar-refractivity contribution in [3.8, 4) is 0 Å². The molecule has 11 heavy (non-hydrogen) atoms. The highest BCUT2D eigenvalue weighted by Gasteiger charge is 2.23. The average molecular weight is 154 g/mol. The summed E-state index contributed by atoms with van der Waals surface area (Å²) in [6, 6.07) is 0. The Bertz CT molecular complexity index is 278. The molecular weight excluding hydrogens is 148 g/mol. The second kappa shape index (κ2) is 2.59. The Balaban J connectivity index is 0.000000605. The number of rotatable bonds is 0. The van der Waals surface area contributed by atoms with Crippen LogP contribution in [0.3, 0.4) is 0 Å². The molecule has 0 aromatic carbocycles. The van der Waals surface area contributed by atoms with Crippen LogP contribution in [0, 0.1) is 0 Å². The fourth-order valence-corrected chi connectivity index (χ4v) is 0.806. The number of nitrogens with zero attached hydrogens (tertiary/aromatic N) is 3. The van der Waals surface area contributed by atoms with Crippen LogP contribution in [0.2, 0.25) is 0 Å². The van der Waals surface area contributed by atoms with E-state index in [9.17, 15) is 4.79 Å². The van der Waals surface area contributed by atoms with Crippen LogP contribution >= 0.6 is 0 Å². The Morgan fingerprint density at radius 3 is 3.09 bits per heavy atom. The highest BCUT2D eigenvalue weighted by Crippen LogP contribution is 1.98. The second-order valence-corrected chi connectivity index (χ2v) is 1.87. The maximum absolute atomic E-state index is 10.9. The Kier molecular flexibility index (Phi) is 1.77. The first-order chi connectivity index (χ1) is 4.88. The standard InChI is InChI=1S/C5H4N4O.H2O/c10-5-3-4(7-1-6-3)8-2-9-5;/h1H,2H2,(H,9,10);1H2. The van der Waals surface area contributed by atoms with Gasteiger partial charge in [0.25, 0.3) is 5.91 Å². The molecule has 0 fully saturated rings. The van der Waals surface area contributed by atoms with Crippen LogP contribution in [-0.2, 0) is 4.79 Å². The van der Waals surface area contributed by atoms with E-state index in [1.807, 2.05) is 0 Å². The number of aliphatic imine (C=N–C) groups is 3. The summed E-state index contributed by atoms with van der Waals surface area (Å²) in [5.74, 6) is 0.256. The lowest BCUT2D eigenvalue weighted by Crippen LogP contribution is -2.38. The molecule has 0 saturated carbocycles. The summed E-state index contributed by atoms with van der Waals surface area (Å²) in [4.78, 5) is 22.3. The third-order valence-electron chi connectivity index (χ3n) is 1.26. The number of fused-ring (bicyclic) bond motifs is 1. The van der Waals surface area contributed by atoms with Gasteiger partial charge in [-0.05, 0) is 0 Å². The van der Waals surface area contributed by atoms with Crippen molar-refractivity contribution < 1.29 is 10.3 Å². The minimum Gasteiger partial charge on any atom is -0.412 e. The van der Waals surface area contributed by atoms with Crippen LogP contribution in [-0.4, -0.2) is 35.9 Å². The molecule has 2 aliphatic heterocycles. The van der Waals surface area contributed by atoms with Gasteiger partial charge >= 0.3 is 0 Å². The van der Waals surface area contributed by atoms with Crippen molar-refractivity contribution in [2.24, 2.45) is 15.0 Å². The van der Waals surface area contributed by atoms with Gasteiger partial charge in [0.2, 0.25) is 0 Å². The Morgan fingerprint density at radius 1 is 1.55 bits per heavy atom. The Hall–Kier alpha value is -1.56. The van der Waals surface area contributed by atoms with Crippen molar-refractivity contribution >= 4 is 23.8 Å². The van der Waals surface area contributed by atoms with E-state index in [0.717, 1.165) is 0 Å². The molecule has 0 saturated heterocycles. The van der Waals surface area contributed by atoms with Crippen molar-refractivity contribution in [1.82, 2.24) is 5.32 Å². The summed E-state index contributed by atoms with van der Waals surface area (Å²) in [5.41, 5.74) is 0.325. The van der Waals surface area contributed by atoms with Crippen molar-refractivity contribution in [3.05, 3.63) is 0 Å². The number of hydrogen-bond acceptors (Lipinski definition) is 4. The second-order valence-electron chi connectivity index (χ2n) is 1.87. The molecule has 0 aromatic heterocycles. The lowest BCUT2D eigenvalue weighted by molar-refractivity contribution is -0.114. The van der Waals surface area contributed by atoms with Gasteiger partial charge in [0, 0.05) is 0 Å². The van der Waals surface area contributed by atoms with E-state index >= 15 is 0 Å². The van der Waals surface area contributed by atoms with Crippen LogP contribution < -0.4 is 5.32 Å². The van der Waals surface area contributed by atoms with E-state index < -0.39 is 0 Å². The molecule has 2 aliphatic rings. The van der Waals surface area contributed by atoms with E-state index in [1.165, 1.54) is 6.34 Å². The first kappa shape index (κ1) is 7.55. The lowest BCUT2D eigenvalue weighted by atomic mass is 10.3. The first-order valence-electron chi connectivity index (χ1n) is 2.81. The van der Waals surface area contributed by atoms with Gasteiger partial charge in [0.15, 0.2) is 11.5 Å². The van der Waals surface area contributed by atoms with Crippen molar-refractivity contribution in [3.63, 3.8) is 0 Å². The fourth-order valence-electron chi connectivity index (χ4n) is 0.806. The zero-order valence-corrected chi connectivity index (χ0v) is 5.53. The molecule has 0 unspecified atom stereocenters. The van der Waals surface area contributed by atoms with E-state index in [4.69, 9.17) is 0 Å². The number of carbonyl (C=O) groups is 1. The molecule has 0 radical (unpaired) electrons. The van der Waals surface area contributed by atoms with E-state index in [0.29, 0.717) is 18.2 Å². The molecule has 6 nitrogen and oxygen atoms in total. The van der Waals surface area contributed by atoms with Crippen LogP contribution in [0.1, 0.15) is 0 Å². The van der Waals surface area contributed by atoms with Gasteiger partial charge < -0.3 is 10.8 Å². The number of nitrogens with one attached hydrogen (secondary N) is 1. The largest absolute Gasteiger partial charge is 0.412 e. The topological polar surface area (TPSA) is 97.7 Å². The molecule has 2 heterocycles. The predicted molar refractivity (Wildman–Crippen MR) is 40.0 cm³/mol. The third-order valence-corrected chi connectivity index (χ3v) is 1.26. The predicted octanol–water partition coefficient (Wildman–Crippen LogP) is -1.87. The van der Waals surface area contributed by atoms with E-state index in [-0.39, 0.29) is 11.4 Å². The minimum atomic E-state index is -0.192. The highest BCUT2D eigenvalue weighted by atomic mass is 16.2. The summed E-state index contributed by atoms with van der Waals surface area (Å²) in [6.45, 7) is 0.310. The summed E-state index contributed by atoms with van der Waals surface area (Å²) >= 11 is 0. The van der Waals surface area contributed by atoms with Gasteiger partial charge in [-0.15, -0.1) is 0 Å². The van der Waals surface area contributed by atoms with Crippen LogP contribution in [0.5, 0.6) is 0 Å². The molecule has 0 atom stereocenters. The Labute approximate surface area is 62.1 Å². The summed E-state index contributed by atoms with van der Waals surface area (Å²) in [5, 5.41) is 2.52. The van der Waals surface area contributed by atoms with E-state index in [1.54, 1.807) is 0 Å². The van der Waals surface area contributed by atoms with Gasteiger partial charge in [-0.3, -0.25) is 4.79 Å². The molecule has 0 aromatic rings. The smallest absolute Gasteiger partial charge is 0.275 e. The van der Waals surface area contributed by atoms with Crippen LogP contribution in [0.15, 0.2) is 15.0 Å². The van der Waals surface area contributed by atoms with Gasteiger partial charge in [-0.1, -0.05) is 0 Å². The quantitative estimate of drug-likeness (QED) is 0.434. The molecule has 0 bridgehead atoms. The maximum atomic E-state index is 10.9. The average Bonchev–Trinajstić information content (AvgIpc) is 2.36. The van der Waals surface area contributed by atoms with Gasteiger partial charge in [0.05, 0.1) is 0 Å². The number of hydrogen-bond donors (Lipinski definition) is 1. The Morgan fingerprint density at radius 2 is 2.36 bits per heavy atom. The van der Waals surface area contributed by atoms with Crippen molar-refractivity contribution in [2.75, 3.05) is 6.67 Å². The molecule has 0 aliphatic carbocycles. The summed E-state index contributed by atoms with van der Waals surface area (Å²) in [7, 11) is 0. The maximum Gasteiger partial charge on any atom is 0.275 e. The minimum absolute atomic E-state index is 0. The number of amides is 1. The lowest BCUT2D eigenvalue weighted by Gasteiger charge is -2.06.